The Morgan fingerprint density at radius 3 is 2.67 bits per heavy atom. The molecule has 1 aromatic carbocycles. The highest BCUT2D eigenvalue weighted by Crippen LogP contribution is 2.36. The average molecular weight is 291 g/mol. The molecule has 0 unspecified atom stereocenters. The molecule has 1 fully saturated rings. The van der Waals surface area contributed by atoms with E-state index in [0.29, 0.717) is 17.9 Å². The van der Waals surface area contributed by atoms with E-state index < -0.39 is 0 Å². The first-order valence-corrected chi connectivity index (χ1v) is 7.46. The molecule has 0 aliphatic heterocycles. The van der Waals surface area contributed by atoms with E-state index in [1.807, 2.05) is 6.07 Å². The molecule has 0 aromatic heterocycles. The van der Waals surface area contributed by atoms with Crippen molar-refractivity contribution in [2.24, 2.45) is 0 Å². The van der Waals surface area contributed by atoms with Crippen LogP contribution in [0.5, 0.6) is 0 Å². The fourth-order valence-electron chi connectivity index (χ4n) is 2.72. The van der Waals surface area contributed by atoms with Crippen LogP contribution in [-0.2, 0) is 4.74 Å². The number of benzene rings is 1. The van der Waals surface area contributed by atoms with E-state index in [1.54, 1.807) is 19.1 Å². The number of ether oxygens (including phenoxy) is 1. The number of carbonyl (C=O) groups excluding carboxylic acids is 1. The van der Waals surface area contributed by atoms with E-state index in [9.17, 15) is 4.79 Å². The fourth-order valence-corrected chi connectivity index (χ4v) is 2.72. The highest BCUT2D eigenvalue weighted by Gasteiger charge is 2.38. The molecule has 0 heterocycles. The molecule has 3 N–H and O–H groups in total. The van der Waals surface area contributed by atoms with Crippen LogP contribution in [0.25, 0.3) is 0 Å². The minimum Gasteiger partial charge on any atom is -0.462 e. The zero-order valence-electron chi connectivity index (χ0n) is 13.1. The number of nitrogens with zero attached hydrogens (tertiary/aromatic N) is 1. The predicted molar refractivity (Wildman–Crippen MR) is 85.6 cm³/mol. The summed E-state index contributed by atoms with van der Waals surface area (Å²) in [7, 11) is 4.21. The molecule has 5 heteroatoms. The molecular formula is C16H25N3O2. The number of nitrogens with one attached hydrogen (secondary N) is 1. The Kier molecular flexibility index (Phi) is 4.73. The summed E-state index contributed by atoms with van der Waals surface area (Å²) < 4.78 is 5.10. The lowest BCUT2D eigenvalue weighted by molar-refractivity contribution is 0.0526. The van der Waals surface area contributed by atoms with Gasteiger partial charge in [0.15, 0.2) is 0 Å². The van der Waals surface area contributed by atoms with Gasteiger partial charge in [-0.2, -0.15) is 0 Å². The Hall–Kier alpha value is -1.75. The van der Waals surface area contributed by atoms with Crippen molar-refractivity contribution >= 4 is 17.3 Å². The lowest BCUT2D eigenvalue weighted by atomic mass is 9.75. The zero-order chi connectivity index (χ0) is 15.5. The molecule has 0 radical (unpaired) electrons. The summed E-state index contributed by atoms with van der Waals surface area (Å²) in [5.41, 5.74) is 7.83. The van der Waals surface area contributed by atoms with Crippen LogP contribution in [-0.4, -0.2) is 43.7 Å². The number of carbonyl (C=O) groups is 1. The standard InChI is InChI=1S/C16H25N3O2/c1-4-21-15(20)13-10-12(17)6-7-14(13)18-11-16(19(2)3)8-5-9-16/h6-7,10,18H,4-5,8-9,11,17H2,1-3H3. The monoisotopic (exact) mass is 291 g/mol. The summed E-state index contributed by atoms with van der Waals surface area (Å²) in [5.74, 6) is -0.334. The van der Waals surface area contributed by atoms with Gasteiger partial charge in [0.1, 0.15) is 0 Å². The van der Waals surface area contributed by atoms with E-state index in [0.717, 1.165) is 12.2 Å². The number of likely N-dealkylation sites (N-methyl/N-ethyl adjacent to an activating group) is 1. The zero-order valence-corrected chi connectivity index (χ0v) is 13.1. The molecule has 2 rings (SSSR count). The SMILES string of the molecule is CCOC(=O)c1cc(N)ccc1NCC1(N(C)C)CCC1. The summed E-state index contributed by atoms with van der Waals surface area (Å²) in [6, 6.07) is 5.32. The van der Waals surface area contributed by atoms with E-state index in [-0.39, 0.29) is 11.5 Å². The lowest BCUT2D eigenvalue weighted by Crippen LogP contribution is -2.54. The van der Waals surface area contributed by atoms with Gasteiger partial charge in [-0.05, 0) is 58.5 Å². The van der Waals surface area contributed by atoms with Gasteiger partial charge in [0.25, 0.3) is 0 Å². The summed E-state index contributed by atoms with van der Waals surface area (Å²) >= 11 is 0. The molecule has 116 valence electrons. The van der Waals surface area contributed by atoms with Crippen molar-refractivity contribution in [3.05, 3.63) is 23.8 Å². The highest BCUT2D eigenvalue weighted by molar-refractivity contribution is 5.96. The van der Waals surface area contributed by atoms with Crippen LogP contribution in [0.3, 0.4) is 0 Å². The summed E-state index contributed by atoms with van der Waals surface area (Å²) in [5, 5.41) is 3.41. The van der Waals surface area contributed by atoms with Gasteiger partial charge in [-0.25, -0.2) is 4.79 Å². The first-order valence-electron chi connectivity index (χ1n) is 7.46. The normalized spacial score (nSPS) is 16.4. The maximum Gasteiger partial charge on any atom is 0.340 e. The second-order valence-corrected chi connectivity index (χ2v) is 5.85. The number of hydrogen-bond donors (Lipinski definition) is 2. The largest absolute Gasteiger partial charge is 0.462 e. The van der Waals surface area contributed by atoms with Gasteiger partial charge in [0.05, 0.1) is 12.2 Å². The molecular weight excluding hydrogens is 266 g/mol. The van der Waals surface area contributed by atoms with Crippen molar-refractivity contribution in [1.29, 1.82) is 0 Å². The molecule has 0 bridgehead atoms. The van der Waals surface area contributed by atoms with Crippen LogP contribution in [0.4, 0.5) is 11.4 Å². The third kappa shape index (κ3) is 3.29. The van der Waals surface area contributed by atoms with Gasteiger partial charge < -0.3 is 20.7 Å². The quantitative estimate of drug-likeness (QED) is 0.622. The van der Waals surface area contributed by atoms with Crippen molar-refractivity contribution in [3.63, 3.8) is 0 Å². The van der Waals surface area contributed by atoms with Crippen LogP contribution in [0.2, 0.25) is 0 Å². The number of rotatable bonds is 6. The highest BCUT2D eigenvalue weighted by atomic mass is 16.5. The summed E-state index contributed by atoms with van der Waals surface area (Å²) in [6.07, 6.45) is 3.61. The second kappa shape index (κ2) is 6.35. The molecule has 0 saturated heterocycles. The minimum absolute atomic E-state index is 0.188. The Bertz CT molecular complexity index is 510. The Labute approximate surface area is 126 Å². The minimum atomic E-state index is -0.334. The fraction of sp³-hybridized carbons (Fsp3) is 0.562. The summed E-state index contributed by atoms with van der Waals surface area (Å²) in [6.45, 7) is 2.97. The number of anilines is 2. The molecule has 21 heavy (non-hydrogen) atoms. The smallest absolute Gasteiger partial charge is 0.340 e. The van der Waals surface area contributed by atoms with Crippen LogP contribution in [0, 0.1) is 0 Å². The Morgan fingerprint density at radius 2 is 2.14 bits per heavy atom. The van der Waals surface area contributed by atoms with E-state index in [2.05, 4.69) is 24.3 Å². The molecule has 1 aliphatic rings. The van der Waals surface area contributed by atoms with E-state index >= 15 is 0 Å². The van der Waals surface area contributed by atoms with Gasteiger partial charge in [-0.15, -0.1) is 0 Å². The maximum atomic E-state index is 12.0. The Balaban J connectivity index is 2.14. The van der Waals surface area contributed by atoms with Crippen molar-refractivity contribution < 1.29 is 9.53 Å². The molecule has 1 aliphatic carbocycles. The van der Waals surface area contributed by atoms with Crippen molar-refractivity contribution in [3.8, 4) is 0 Å². The van der Waals surface area contributed by atoms with E-state index in [4.69, 9.17) is 10.5 Å². The molecule has 1 saturated carbocycles. The van der Waals surface area contributed by atoms with Gasteiger partial charge in [-0.3, -0.25) is 0 Å². The molecule has 0 amide bonds. The number of nitrogens with two attached hydrogens (primary N) is 1. The van der Waals surface area contributed by atoms with Crippen LogP contribution < -0.4 is 11.1 Å². The Morgan fingerprint density at radius 1 is 1.43 bits per heavy atom. The topological polar surface area (TPSA) is 67.6 Å². The van der Waals surface area contributed by atoms with Gasteiger partial charge in [0.2, 0.25) is 0 Å². The van der Waals surface area contributed by atoms with Crippen LogP contribution >= 0.6 is 0 Å². The van der Waals surface area contributed by atoms with Crippen LogP contribution in [0.1, 0.15) is 36.5 Å². The molecule has 5 nitrogen and oxygen atoms in total. The first kappa shape index (κ1) is 15.6. The predicted octanol–water partition coefficient (Wildman–Crippen LogP) is 2.34. The first-order chi connectivity index (χ1) is 9.98. The summed E-state index contributed by atoms with van der Waals surface area (Å²) in [4.78, 5) is 14.3. The maximum absolute atomic E-state index is 12.0. The second-order valence-electron chi connectivity index (χ2n) is 5.85. The molecule has 0 atom stereocenters. The lowest BCUT2D eigenvalue weighted by Gasteiger charge is -2.47. The van der Waals surface area contributed by atoms with Crippen molar-refractivity contribution in [1.82, 2.24) is 4.90 Å². The van der Waals surface area contributed by atoms with Crippen molar-refractivity contribution in [2.75, 3.05) is 38.3 Å². The van der Waals surface area contributed by atoms with Gasteiger partial charge >= 0.3 is 5.97 Å². The van der Waals surface area contributed by atoms with E-state index in [1.165, 1.54) is 19.3 Å². The molecule has 1 aromatic rings. The third-order valence-electron chi connectivity index (χ3n) is 4.38. The molecule has 0 spiro atoms. The number of nitrogen functional groups attached to an aromatic ring is 1. The average Bonchev–Trinajstić information content (AvgIpc) is 2.38. The van der Waals surface area contributed by atoms with Gasteiger partial charge in [-0.1, -0.05) is 0 Å². The van der Waals surface area contributed by atoms with Crippen LogP contribution in [0.15, 0.2) is 18.2 Å². The number of esters is 1. The number of hydrogen-bond acceptors (Lipinski definition) is 5. The van der Waals surface area contributed by atoms with Gasteiger partial charge in [0, 0.05) is 23.5 Å². The van der Waals surface area contributed by atoms with Crippen molar-refractivity contribution in [2.45, 2.75) is 31.7 Å². The third-order valence-corrected chi connectivity index (χ3v) is 4.38.